The lowest BCUT2D eigenvalue weighted by molar-refractivity contribution is 0.0915. The van der Waals surface area contributed by atoms with Crippen LogP contribution in [0, 0.1) is 5.92 Å². The fourth-order valence-corrected chi connectivity index (χ4v) is 3.45. The quantitative estimate of drug-likeness (QED) is 0.852. The summed E-state index contributed by atoms with van der Waals surface area (Å²) in [5.41, 5.74) is 2.79. The maximum Gasteiger partial charge on any atom is 0.252 e. The molecule has 6 heteroatoms. The van der Waals surface area contributed by atoms with Gasteiger partial charge in [-0.15, -0.1) is 24.8 Å². The van der Waals surface area contributed by atoms with Crippen LogP contribution in [0.4, 0.5) is 0 Å². The molecule has 0 spiro atoms. The minimum atomic E-state index is 0. The molecule has 1 aromatic carbocycles. The van der Waals surface area contributed by atoms with Crippen LogP contribution in [0.5, 0.6) is 0 Å². The van der Waals surface area contributed by atoms with Crippen molar-refractivity contribution >= 4 is 41.6 Å². The van der Waals surface area contributed by atoms with Gasteiger partial charge in [-0.2, -0.15) is 0 Å². The van der Waals surface area contributed by atoms with Crippen LogP contribution >= 0.6 is 24.8 Å². The molecule has 2 heterocycles. The molecule has 1 saturated heterocycles. The van der Waals surface area contributed by atoms with Gasteiger partial charge in [0.25, 0.3) is 5.91 Å². The summed E-state index contributed by atoms with van der Waals surface area (Å²) in [4.78, 5) is 17.7. The zero-order valence-corrected chi connectivity index (χ0v) is 16.0. The second-order valence-corrected chi connectivity index (χ2v) is 6.94. The molecule has 2 fully saturated rings. The lowest BCUT2D eigenvalue weighted by atomic mass is 9.94. The molecule has 1 aromatic heterocycles. The Morgan fingerprint density at radius 2 is 1.96 bits per heavy atom. The molecule has 1 aliphatic carbocycles. The predicted octanol–water partition coefficient (Wildman–Crippen LogP) is 3.68. The number of nitrogens with zero attached hydrogens (tertiary/aromatic N) is 1. The van der Waals surface area contributed by atoms with Crippen molar-refractivity contribution in [3.05, 3.63) is 41.6 Å². The van der Waals surface area contributed by atoms with Crippen molar-refractivity contribution in [3.8, 4) is 0 Å². The zero-order valence-electron chi connectivity index (χ0n) is 14.3. The molecule has 2 aliphatic rings. The fourth-order valence-electron chi connectivity index (χ4n) is 3.45. The van der Waals surface area contributed by atoms with Crippen LogP contribution < -0.4 is 10.6 Å². The molecular formula is C19H25Cl2N3O. The highest BCUT2D eigenvalue weighted by molar-refractivity contribution is 6.06. The number of halogens is 2. The third-order valence-electron chi connectivity index (χ3n) is 5.08. The molecule has 0 radical (unpaired) electrons. The Morgan fingerprint density at radius 1 is 1.20 bits per heavy atom. The van der Waals surface area contributed by atoms with Crippen molar-refractivity contribution in [2.75, 3.05) is 13.1 Å². The smallest absolute Gasteiger partial charge is 0.252 e. The van der Waals surface area contributed by atoms with Gasteiger partial charge >= 0.3 is 0 Å². The van der Waals surface area contributed by atoms with Crippen LogP contribution in [-0.4, -0.2) is 30.0 Å². The number of amides is 1. The number of piperidine rings is 1. The van der Waals surface area contributed by atoms with Gasteiger partial charge in [-0.1, -0.05) is 25.1 Å². The zero-order chi connectivity index (χ0) is 15.8. The molecule has 4 nitrogen and oxygen atoms in total. The maximum absolute atomic E-state index is 12.9. The SMILES string of the molecule is CC1CNCCC1NC(=O)c1cc(C2CC2)nc2ccccc12.Cl.Cl. The molecule has 2 unspecified atom stereocenters. The number of benzene rings is 1. The van der Waals surface area contributed by atoms with Gasteiger partial charge in [0.15, 0.2) is 0 Å². The van der Waals surface area contributed by atoms with E-state index in [1.807, 2.05) is 30.3 Å². The first-order chi connectivity index (χ1) is 11.2. The van der Waals surface area contributed by atoms with E-state index in [0.29, 0.717) is 11.8 Å². The number of para-hydroxylation sites is 1. The van der Waals surface area contributed by atoms with E-state index in [1.54, 1.807) is 0 Å². The van der Waals surface area contributed by atoms with E-state index in [-0.39, 0.29) is 36.8 Å². The Morgan fingerprint density at radius 3 is 2.68 bits per heavy atom. The van der Waals surface area contributed by atoms with Crippen LogP contribution in [0.3, 0.4) is 0 Å². The van der Waals surface area contributed by atoms with E-state index in [0.717, 1.165) is 41.7 Å². The Hall–Kier alpha value is -1.36. The normalized spacial score (nSPS) is 22.6. The number of nitrogens with one attached hydrogen (secondary N) is 2. The van der Waals surface area contributed by atoms with Gasteiger partial charge < -0.3 is 10.6 Å². The highest BCUT2D eigenvalue weighted by Crippen LogP contribution is 2.40. The summed E-state index contributed by atoms with van der Waals surface area (Å²) in [7, 11) is 0. The second kappa shape index (κ2) is 8.35. The van der Waals surface area contributed by atoms with E-state index >= 15 is 0 Å². The Labute approximate surface area is 161 Å². The minimum Gasteiger partial charge on any atom is -0.349 e. The number of pyridine rings is 1. The molecule has 1 amide bonds. The standard InChI is InChI=1S/C19H23N3O.2ClH/c1-12-11-20-9-8-16(12)22-19(23)15-10-18(13-6-7-13)21-17-5-3-2-4-14(15)17;;/h2-5,10,12-13,16,20H,6-9,11H2,1H3,(H,22,23);2*1H. The third kappa shape index (κ3) is 4.25. The molecule has 136 valence electrons. The number of hydrogen-bond acceptors (Lipinski definition) is 3. The predicted molar refractivity (Wildman–Crippen MR) is 106 cm³/mol. The topological polar surface area (TPSA) is 54.0 Å². The summed E-state index contributed by atoms with van der Waals surface area (Å²) < 4.78 is 0. The van der Waals surface area contributed by atoms with Crippen molar-refractivity contribution in [2.24, 2.45) is 5.92 Å². The van der Waals surface area contributed by atoms with E-state index in [4.69, 9.17) is 4.98 Å². The van der Waals surface area contributed by atoms with Gasteiger partial charge in [-0.05, 0) is 50.4 Å². The summed E-state index contributed by atoms with van der Waals surface area (Å²) in [5.74, 6) is 1.05. The minimum absolute atomic E-state index is 0. The van der Waals surface area contributed by atoms with Gasteiger partial charge in [0, 0.05) is 23.0 Å². The highest BCUT2D eigenvalue weighted by atomic mass is 35.5. The molecular weight excluding hydrogens is 357 g/mol. The summed E-state index contributed by atoms with van der Waals surface area (Å²) >= 11 is 0. The number of aromatic nitrogens is 1. The number of fused-ring (bicyclic) bond motifs is 1. The maximum atomic E-state index is 12.9. The van der Waals surface area contributed by atoms with Gasteiger partial charge in [0.2, 0.25) is 0 Å². The van der Waals surface area contributed by atoms with E-state index in [9.17, 15) is 4.79 Å². The molecule has 1 saturated carbocycles. The number of rotatable bonds is 3. The number of carbonyl (C=O) groups is 1. The molecule has 2 N–H and O–H groups in total. The summed E-state index contributed by atoms with van der Waals surface area (Å²) in [5, 5.41) is 7.59. The average molecular weight is 382 g/mol. The molecule has 2 atom stereocenters. The number of hydrogen-bond donors (Lipinski definition) is 2. The third-order valence-corrected chi connectivity index (χ3v) is 5.08. The number of carbonyl (C=O) groups excluding carboxylic acids is 1. The van der Waals surface area contributed by atoms with E-state index in [1.165, 1.54) is 12.8 Å². The Balaban J connectivity index is 0.00000113. The fraction of sp³-hybridized carbons (Fsp3) is 0.474. The summed E-state index contributed by atoms with van der Waals surface area (Å²) in [6.07, 6.45) is 3.38. The Kier molecular flexibility index (Phi) is 6.66. The van der Waals surface area contributed by atoms with Gasteiger partial charge in [0.05, 0.1) is 11.1 Å². The Bertz CT molecular complexity index is 749. The largest absolute Gasteiger partial charge is 0.349 e. The lowest BCUT2D eigenvalue weighted by Gasteiger charge is -2.30. The average Bonchev–Trinajstić information content (AvgIpc) is 3.41. The monoisotopic (exact) mass is 381 g/mol. The second-order valence-electron chi connectivity index (χ2n) is 6.94. The van der Waals surface area contributed by atoms with Gasteiger partial charge in [0.1, 0.15) is 0 Å². The van der Waals surface area contributed by atoms with E-state index < -0.39 is 0 Å². The van der Waals surface area contributed by atoms with E-state index in [2.05, 4.69) is 17.6 Å². The van der Waals surface area contributed by atoms with Crippen LogP contribution in [0.2, 0.25) is 0 Å². The van der Waals surface area contributed by atoms with Crippen LogP contribution in [0.15, 0.2) is 30.3 Å². The molecule has 2 aromatic rings. The van der Waals surface area contributed by atoms with Crippen molar-refractivity contribution in [3.63, 3.8) is 0 Å². The molecule has 0 bridgehead atoms. The van der Waals surface area contributed by atoms with Crippen LogP contribution in [0.1, 0.15) is 48.2 Å². The van der Waals surface area contributed by atoms with Crippen molar-refractivity contribution < 1.29 is 4.79 Å². The van der Waals surface area contributed by atoms with Crippen LogP contribution in [0.25, 0.3) is 10.9 Å². The summed E-state index contributed by atoms with van der Waals surface area (Å²) in [6.45, 7) is 4.13. The molecule has 25 heavy (non-hydrogen) atoms. The van der Waals surface area contributed by atoms with Gasteiger partial charge in [-0.25, -0.2) is 0 Å². The molecule has 1 aliphatic heterocycles. The lowest BCUT2D eigenvalue weighted by Crippen LogP contribution is -2.48. The molecule has 4 rings (SSSR count). The van der Waals surface area contributed by atoms with Crippen LogP contribution in [-0.2, 0) is 0 Å². The van der Waals surface area contributed by atoms with Gasteiger partial charge in [-0.3, -0.25) is 9.78 Å². The first kappa shape index (κ1) is 20.0. The summed E-state index contributed by atoms with van der Waals surface area (Å²) in [6, 6.07) is 10.2. The van der Waals surface area contributed by atoms with Crippen molar-refractivity contribution in [1.29, 1.82) is 0 Å². The van der Waals surface area contributed by atoms with Crippen molar-refractivity contribution in [2.45, 2.75) is 38.1 Å². The highest BCUT2D eigenvalue weighted by Gasteiger charge is 2.28. The first-order valence-corrected chi connectivity index (χ1v) is 8.63. The van der Waals surface area contributed by atoms with Crippen molar-refractivity contribution in [1.82, 2.24) is 15.6 Å². The first-order valence-electron chi connectivity index (χ1n) is 8.63.